The second-order valence-electron chi connectivity index (χ2n) is 6.61. The number of phenolic OH excluding ortho intramolecular Hbond substituents is 1. The van der Waals surface area contributed by atoms with E-state index in [1.165, 1.54) is 36.0 Å². The van der Waals surface area contributed by atoms with Crippen molar-refractivity contribution in [3.8, 4) is 5.75 Å². The summed E-state index contributed by atoms with van der Waals surface area (Å²) in [6, 6.07) is 13.7. The minimum atomic E-state index is 0.0939. The Kier molecular flexibility index (Phi) is 5.52. The third-order valence-corrected chi connectivity index (χ3v) is 4.68. The molecule has 24 heavy (non-hydrogen) atoms. The zero-order valence-corrected chi connectivity index (χ0v) is 14.1. The highest BCUT2D eigenvalue weighted by Gasteiger charge is 2.11. The molecule has 0 unspecified atom stereocenters. The molecule has 0 radical (unpaired) electrons. The molecule has 3 rings (SSSR count). The van der Waals surface area contributed by atoms with Crippen molar-refractivity contribution in [2.24, 2.45) is 0 Å². The lowest BCUT2D eigenvalue weighted by Gasteiger charge is -2.16. The van der Waals surface area contributed by atoms with Gasteiger partial charge in [-0.25, -0.2) is 0 Å². The van der Waals surface area contributed by atoms with Gasteiger partial charge in [-0.2, -0.15) is 0 Å². The summed E-state index contributed by atoms with van der Waals surface area (Å²) in [4.78, 5) is 12.1. The van der Waals surface area contributed by atoms with E-state index < -0.39 is 0 Å². The lowest BCUT2D eigenvalue weighted by molar-refractivity contribution is -0.120. The number of rotatable bonds is 6. The summed E-state index contributed by atoms with van der Waals surface area (Å²) >= 11 is 0. The maximum atomic E-state index is 12.1. The van der Waals surface area contributed by atoms with Crippen molar-refractivity contribution in [2.75, 3.05) is 6.54 Å². The van der Waals surface area contributed by atoms with Crippen molar-refractivity contribution < 1.29 is 9.90 Å². The highest BCUT2D eigenvalue weighted by atomic mass is 16.3. The Balaban J connectivity index is 1.41. The lowest BCUT2D eigenvalue weighted by Crippen LogP contribution is -2.26. The number of aromatic hydroxyl groups is 1. The van der Waals surface area contributed by atoms with Gasteiger partial charge in [0.15, 0.2) is 0 Å². The van der Waals surface area contributed by atoms with Crippen LogP contribution in [0.1, 0.15) is 41.5 Å². The Labute approximate surface area is 143 Å². The molecule has 2 aromatic carbocycles. The van der Waals surface area contributed by atoms with Gasteiger partial charge in [-0.1, -0.05) is 30.3 Å². The number of carbonyl (C=O) groups is 1. The molecule has 3 heteroatoms. The molecule has 2 aromatic rings. The number of carbonyl (C=O) groups excluding carboxylic acids is 1. The van der Waals surface area contributed by atoms with Gasteiger partial charge in [0.2, 0.25) is 5.91 Å². The number of hydrogen-bond acceptors (Lipinski definition) is 2. The van der Waals surface area contributed by atoms with E-state index in [2.05, 4.69) is 23.5 Å². The van der Waals surface area contributed by atoms with Gasteiger partial charge in [0, 0.05) is 6.54 Å². The topological polar surface area (TPSA) is 49.3 Å². The molecule has 0 aliphatic heterocycles. The van der Waals surface area contributed by atoms with Crippen LogP contribution in [0.25, 0.3) is 0 Å². The highest BCUT2D eigenvalue weighted by Crippen LogP contribution is 2.22. The molecule has 0 fully saturated rings. The number of amides is 1. The van der Waals surface area contributed by atoms with Gasteiger partial charge < -0.3 is 10.4 Å². The van der Waals surface area contributed by atoms with Gasteiger partial charge in [-0.05, 0) is 72.9 Å². The Bertz CT molecular complexity index is 691. The third-order valence-electron chi connectivity index (χ3n) is 4.68. The van der Waals surface area contributed by atoms with Crippen LogP contribution in [0.5, 0.6) is 5.75 Å². The van der Waals surface area contributed by atoms with E-state index in [1.807, 2.05) is 12.1 Å². The molecule has 0 spiro atoms. The Morgan fingerprint density at radius 3 is 2.46 bits per heavy atom. The normalized spacial score (nSPS) is 13.3. The maximum absolute atomic E-state index is 12.1. The molecule has 3 nitrogen and oxygen atoms in total. The van der Waals surface area contributed by atoms with Crippen LogP contribution in [-0.2, 0) is 30.5 Å². The third kappa shape index (κ3) is 4.60. The zero-order valence-electron chi connectivity index (χ0n) is 14.1. The molecule has 2 N–H and O–H groups in total. The van der Waals surface area contributed by atoms with Crippen LogP contribution in [0, 0.1) is 0 Å². The summed E-state index contributed by atoms with van der Waals surface area (Å²) in [6.45, 7) is 0.685. The molecule has 126 valence electrons. The van der Waals surface area contributed by atoms with Gasteiger partial charge >= 0.3 is 0 Å². The van der Waals surface area contributed by atoms with Gasteiger partial charge in [-0.15, -0.1) is 0 Å². The summed E-state index contributed by atoms with van der Waals surface area (Å²) in [5, 5.41) is 12.3. The van der Waals surface area contributed by atoms with Crippen LogP contribution in [-0.4, -0.2) is 17.6 Å². The van der Waals surface area contributed by atoms with Gasteiger partial charge in [0.05, 0.1) is 6.42 Å². The molecular weight excluding hydrogens is 298 g/mol. The first-order chi connectivity index (χ1) is 11.7. The monoisotopic (exact) mass is 323 g/mol. The van der Waals surface area contributed by atoms with Crippen molar-refractivity contribution >= 4 is 5.91 Å². The molecule has 0 atom stereocenters. The van der Waals surface area contributed by atoms with E-state index in [-0.39, 0.29) is 11.7 Å². The standard InChI is InChI=1S/C21H25NO2/c23-20-11-8-16(9-12-20)4-3-13-22-21(24)15-17-7-10-18-5-1-2-6-19(18)14-17/h7-12,14,23H,1-6,13,15H2,(H,22,24). The van der Waals surface area contributed by atoms with E-state index in [4.69, 9.17) is 0 Å². The Morgan fingerprint density at radius 1 is 0.958 bits per heavy atom. The lowest BCUT2D eigenvalue weighted by atomic mass is 9.90. The van der Waals surface area contributed by atoms with Gasteiger partial charge in [0.1, 0.15) is 5.75 Å². The summed E-state index contributed by atoms with van der Waals surface area (Å²) in [5.41, 5.74) is 5.18. The summed E-state index contributed by atoms with van der Waals surface area (Å²) < 4.78 is 0. The number of fused-ring (bicyclic) bond motifs is 1. The summed E-state index contributed by atoms with van der Waals surface area (Å²) in [5.74, 6) is 0.383. The van der Waals surface area contributed by atoms with E-state index in [9.17, 15) is 9.90 Å². The van der Waals surface area contributed by atoms with Crippen LogP contribution in [0.3, 0.4) is 0 Å². The number of nitrogens with one attached hydrogen (secondary N) is 1. The summed E-state index contributed by atoms with van der Waals surface area (Å²) in [6.07, 6.45) is 7.15. The number of hydrogen-bond donors (Lipinski definition) is 2. The fourth-order valence-corrected chi connectivity index (χ4v) is 3.33. The quantitative estimate of drug-likeness (QED) is 0.799. The predicted molar refractivity (Wildman–Crippen MR) is 96.2 cm³/mol. The van der Waals surface area contributed by atoms with Crippen molar-refractivity contribution in [1.29, 1.82) is 0 Å². The predicted octanol–water partition coefficient (Wildman–Crippen LogP) is 3.56. The van der Waals surface area contributed by atoms with E-state index in [0.29, 0.717) is 13.0 Å². The van der Waals surface area contributed by atoms with Crippen LogP contribution in [0.15, 0.2) is 42.5 Å². The highest BCUT2D eigenvalue weighted by molar-refractivity contribution is 5.78. The molecule has 0 heterocycles. The largest absolute Gasteiger partial charge is 0.508 e. The first kappa shape index (κ1) is 16.6. The molecule has 1 aliphatic carbocycles. The zero-order chi connectivity index (χ0) is 16.8. The second-order valence-corrected chi connectivity index (χ2v) is 6.61. The van der Waals surface area contributed by atoms with Gasteiger partial charge in [-0.3, -0.25) is 4.79 Å². The first-order valence-corrected chi connectivity index (χ1v) is 8.86. The number of phenols is 1. The minimum Gasteiger partial charge on any atom is -0.508 e. The van der Waals surface area contributed by atoms with Crippen molar-refractivity contribution in [2.45, 2.75) is 44.9 Å². The van der Waals surface area contributed by atoms with Crippen molar-refractivity contribution in [3.63, 3.8) is 0 Å². The van der Waals surface area contributed by atoms with E-state index in [0.717, 1.165) is 24.8 Å². The van der Waals surface area contributed by atoms with Crippen molar-refractivity contribution in [1.82, 2.24) is 5.32 Å². The molecule has 0 saturated carbocycles. The first-order valence-electron chi connectivity index (χ1n) is 8.86. The van der Waals surface area contributed by atoms with Crippen LogP contribution in [0.4, 0.5) is 0 Å². The Hall–Kier alpha value is -2.29. The van der Waals surface area contributed by atoms with Crippen LogP contribution in [0.2, 0.25) is 0 Å². The summed E-state index contributed by atoms with van der Waals surface area (Å²) in [7, 11) is 0. The molecule has 1 amide bonds. The van der Waals surface area contributed by atoms with Crippen LogP contribution < -0.4 is 5.32 Å². The average Bonchev–Trinajstić information content (AvgIpc) is 2.60. The molecule has 0 saturated heterocycles. The minimum absolute atomic E-state index is 0.0939. The smallest absolute Gasteiger partial charge is 0.224 e. The van der Waals surface area contributed by atoms with E-state index in [1.54, 1.807) is 12.1 Å². The van der Waals surface area contributed by atoms with Crippen molar-refractivity contribution in [3.05, 3.63) is 64.7 Å². The molecule has 1 aliphatic rings. The molecule has 0 aromatic heterocycles. The second kappa shape index (κ2) is 8.00. The number of aryl methyl sites for hydroxylation is 3. The number of benzene rings is 2. The van der Waals surface area contributed by atoms with Gasteiger partial charge in [0.25, 0.3) is 0 Å². The van der Waals surface area contributed by atoms with Crippen LogP contribution >= 0.6 is 0 Å². The molecular formula is C21H25NO2. The fourth-order valence-electron chi connectivity index (χ4n) is 3.33. The maximum Gasteiger partial charge on any atom is 0.224 e. The Morgan fingerprint density at radius 2 is 1.67 bits per heavy atom. The molecule has 0 bridgehead atoms. The SMILES string of the molecule is O=C(Cc1ccc2c(c1)CCCC2)NCCCc1ccc(O)cc1. The fraction of sp³-hybridized carbons (Fsp3) is 0.381. The van der Waals surface area contributed by atoms with E-state index >= 15 is 0 Å². The average molecular weight is 323 g/mol.